The Morgan fingerprint density at radius 1 is 1.50 bits per heavy atom. The fourth-order valence-electron chi connectivity index (χ4n) is 1.58. The zero-order valence-corrected chi connectivity index (χ0v) is 4.80. The van der Waals surface area contributed by atoms with Crippen LogP contribution >= 0.6 is 0 Å². The molecule has 0 aromatic carbocycles. The lowest BCUT2D eigenvalue weighted by Crippen LogP contribution is -2.28. The van der Waals surface area contributed by atoms with Crippen LogP contribution in [0.1, 0.15) is 12.8 Å². The van der Waals surface area contributed by atoms with Gasteiger partial charge in [-0.3, -0.25) is 0 Å². The molecule has 0 radical (unpaired) electrons. The minimum Gasteiger partial charge on any atom is -0.395 e. The molecule has 0 aromatic heterocycles. The zero-order valence-electron chi connectivity index (χ0n) is 4.80. The number of aliphatic hydroxyl groups excluding tert-OH is 1. The third kappa shape index (κ3) is 0.565. The van der Waals surface area contributed by atoms with Crippen LogP contribution in [-0.2, 0) is 0 Å². The van der Waals surface area contributed by atoms with E-state index in [9.17, 15) is 0 Å². The van der Waals surface area contributed by atoms with E-state index in [2.05, 4.69) is 5.32 Å². The monoisotopic (exact) mass is 113 g/mol. The van der Waals surface area contributed by atoms with Gasteiger partial charge >= 0.3 is 0 Å². The summed E-state index contributed by atoms with van der Waals surface area (Å²) in [5.74, 6) is 0.923. The Morgan fingerprint density at radius 3 is 2.75 bits per heavy atom. The molecule has 0 spiro atoms. The highest BCUT2D eigenvalue weighted by Crippen LogP contribution is 2.40. The highest BCUT2D eigenvalue weighted by atomic mass is 16.3. The summed E-state index contributed by atoms with van der Waals surface area (Å²) in [6.45, 7) is 0.326. The second-order valence-corrected chi connectivity index (χ2v) is 2.88. The molecule has 2 nitrogen and oxygen atoms in total. The molecule has 0 bridgehead atoms. The average Bonchev–Trinajstić information content (AvgIpc) is 2.40. The SMILES string of the molecule is OC[C@H]1C[C@@H]2C[C@@H]2N1. The average molecular weight is 113 g/mol. The molecule has 2 rings (SSSR count). The van der Waals surface area contributed by atoms with Crippen molar-refractivity contribution in [3.8, 4) is 0 Å². The Kier molecular flexibility index (Phi) is 0.866. The number of aliphatic hydroxyl groups is 1. The van der Waals surface area contributed by atoms with Crippen LogP contribution in [0.25, 0.3) is 0 Å². The van der Waals surface area contributed by atoms with Gasteiger partial charge in [0, 0.05) is 12.1 Å². The lowest BCUT2D eigenvalue weighted by molar-refractivity contribution is 0.246. The van der Waals surface area contributed by atoms with E-state index in [1.807, 2.05) is 0 Å². The fraction of sp³-hybridized carbons (Fsp3) is 1.00. The lowest BCUT2D eigenvalue weighted by Gasteiger charge is -2.06. The van der Waals surface area contributed by atoms with Crippen molar-refractivity contribution < 1.29 is 5.11 Å². The van der Waals surface area contributed by atoms with Crippen molar-refractivity contribution in [2.24, 2.45) is 5.92 Å². The molecule has 1 saturated carbocycles. The maximum Gasteiger partial charge on any atom is 0.0584 e. The highest BCUT2D eigenvalue weighted by molar-refractivity contribution is 5.02. The van der Waals surface area contributed by atoms with E-state index in [-0.39, 0.29) is 0 Å². The second kappa shape index (κ2) is 1.45. The summed E-state index contributed by atoms with van der Waals surface area (Å²) < 4.78 is 0. The van der Waals surface area contributed by atoms with Crippen molar-refractivity contribution in [3.63, 3.8) is 0 Å². The molecule has 0 amide bonds. The maximum atomic E-state index is 8.64. The van der Waals surface area contributed by atoms with Gasteiger partial charge in [-0.05, 0) is 18.8 Å². The summed E-state index contributed by atoms with van der Waals surface area (Å²) >= 11 is 0. The molecule has 2 N–H and O–H groups in total. The summed E-state index contributed by atoms with van der Waals surface area (Å²) in [5, 5.41) is 12.0. The molecule has 46 valence electrons. The van der Waals surface area contributed by atoms with Gasteiger partial charge in [0.15, 0.2) is 0 Å². The zero-order chi connectivity index (χ0) is 5.56. The summed E-state index contributed by atoms with van der Waals surface area (Å²) in [4.78, 5) is 0. The Bertz CT molecular complexity index is 94.7. The van der Waals surface area contributed by atoms with Gasteiger partial charge in [0.05, 0.1) is 6.61 Å². The highest BCUT2D eigenvalue weighted by Gasteiger charge is 2.45. The first kappa shape index (κ1) is 4.77. The molecule has 1 saturated heterocycles. The van der Waals surface area contributed by atoms with Crippen molar-refractivity contribution >= 4 is 0 Å². The predicted molar refractivity (Wildman–Crippen MR) is 30.5 cm³/mol. The number of nitrogens with one attached hydrogen (secondary N) is 1. The third-order valence-electron chi connectivity index (χ3n) is 2.18. The molecular weight excluding hydrogens is 102 g/mol. The van der Waals surface area contributed by atoms with E-state index in [0.29, 0.717) is 12.6 Å². The van der Waals surface area contributed by atoms with Gasteiger partial charge in [0.1, 0.15) is 0 Å². The first-order valence-corrected chi connectivity index (χ1v) is 3.27. The van der Waals surface area contributed by atoms with Crippen LogP contribution < -0.4 is 5.32 Å². The van der Waals surface area contributed by atoms with Gasteiger partial charge in [-0.2, -0.15) is 0 Å². The standard InChI is InChI=1S/C6H11NO/c8-3-5-1-4-2-6(4)7-5/h4-8H,1-3H2/t4-,5-,6+/m1/s1. The van der Waals surface area contributed by atoms with E-state index < -0.39 is 0 Å². The first-order valence-electron chi connectivity index (χ1n) is 3.27. The molecule has 0 aromatic rings. The predicted octanol–water partition coefficient (Wildman–Crippen LogP) is -0.271. The van der Waals surface area contributed by atoms with E-state index in [1.165, 1.54) is 12.8 Å². The van der Waals surface area contributed by atoms with Crippen molar-refractivity contribution in [1.82, 2.24) is 5.32 Å². The number of piperidine rings is 1. The fourth-order valence-corrected chi connectivity index (χ4v) is 1.58. The van der Waals surface area contributed by atoms with Gasteiger partial charge in [-0.15, -0.1) is 0 Å². The molecule has 1 aliphatic carbocycles. The van der Waals surface area contributed by atoms with Crippen molar-refractivity contribution in [2.75, 3.05) is 6.61 Å². The Balaban J connectivity index is 1.89. The lowest BCUT2D eigenvalue weighted by atomic mass is 10.2. The van der Waals surface area contributed by atoms with E-state index >= 15 is 0 Å². The van der Waals surface area contributed by atoms with Crippen molar-refractivity contribution in [3.05, 3.63) is 0 Å². The van der Waals surface area contributed by atoms with Crippen LogP contribution in [0.4, 0.5) is 0 Å². The van der Waals surface area contributed by atoms with Gasteiger partial charge < -0.3 is 10.4 Å². The quantitative estimate of drug-likeness (QED) is 0.490. The second-order valence-electron chi connectivity index (χ2n) is 2.88. The minimum absolute atomic E-state index is 0.326. The summed E-state index contributed by atoms with van der Waals surface area (Å²) in [6, 6.07) is 1.21. The van der Waals surface area contributed by atoms with E-state index in [4.69, 9.17) is 5.11 Å². The van der Waals surface area contributed by atoms with E-state index in [1.54, 1.807) is 0 Å². The minimum atomic E-state index is 0.326. The van der Waals surface area contributed by atoms with Crippen molar-refractivity contribution in [2.45, 2.75) is 24.9 Å². The summed E-state index contributed by atoms with van der Waals surface area (Å²) in [5.41, 5.74) is 0. The molecule has 3 atom stereocenters. The number of rotatable bonds is 1. The van der Waals surface area contributed by atoms with Crippen LogP contribution in [0, 0.1) is 5.92 Å². The largest absolute Gasteiger partial charge is 0.395 e. The molecule has 1 heterocycles. The third-order valence-corrected chi connectivity index (χ3v) is 2.18. The Hall–Kier alpha value is -0.0800. The van der Waals surface area contributed by atoms with Crippen molar-refractivity contribution in [1.29, 1.82) is 0 Å². The van der Waals surface area contributed by atoms with Gasteiger partial charge in [-0.25, -0.2) is 0 Å². The first-order chi connectivity index (χ1) is 3.90. The Morgan fingerprint density at radius 2 is 2.38 bits per heavy atom. The molecule has 2 fully saturated rings. The topological polar surface area (TPSA) is 32.3 Å². The van der Waals surface area contributed by atoms with Crippen LogP contribution in [0.2, 0.25) is 0 Å². The number of fused-ring (bicyclic) bond motifs is 1. The molecule has 1 aliphatic heterocycles. The van der Waals surface area contributed by atoms with Gasteiger partial charge in [0.25, 0.3) is 0 Å². The Labute approximate surface area is 48.9 Å². The van der Waals surface area contributed by atoms with Crippen LogP contribution in [0.3, 0.4) is 0 Å². The summed E-state index contributed by atoms with van der Waals surface area (Å²) in [6.07, 6.45) is 2.57. The molecule has 8 heavy (non-hydrogen) atoms. The van der Waals surface area contributed by atoms with Gasteiger partial charge in [-0.1, -0.05) is 0 Å². The van der Waals surface area contributed by atoms with Crippen LogP contribution in [0.15, 0.2) is 0 Å². The van der Waals surface area contributed by atoms with E-state index in [0.717, 1.165) is 12.0 Å². The number of hydrogen-bond acceptors (Lipinski definition) is 2. The van der Waals surface area contributed by atoms with Crippen LogP contribution in [-0.4, -0.2) is 23.8 Å². The molecule has 2 aliphatic rings. The molecule has 0 unspecified atom stereocenters. The van der Waals surface area contributed by atoms with Crippen LogP contribution in [0.5, 0.6) is 0 Å². The smallest absolute Gasteiger partial charge is 0.0584 e. The van der Waals surface area contributed by atoms with Gasteiger partial charge in [0.2, 0.25) is 0 Å². The summed E-state index contributed by atoms with van der Waals surface area (Å²) in [7, 11) is 0. The number of hydrogen-bond donors (Lipinski definition) is 2. The normalized spacial score (nSPS) is 51.4. The molecule has 2 heteroatoms. The molecular formula is C6H11NO. The maximum absolute atomic E-state index is 8.64.